The van der Waals surface area contributed by atoms with E-state index in [2.05, 4.69) is 254 Å². The van der Waals surface area contributed by atoms with Gasteiger partial charge in [0, 0.05) is 83.7 Å². The topological polar surface area (TPSA) is 100 Å². The van der Waals surface area contributed by atoms with Gasteiger partial charge in [-0.3, -0.25) is 4.98 Å². The Balaban J connectivity index is 0.755. The number of para-hydroxylation sites is 1. The van der Waals surface area contributed by atoms with E-state index < -0.39 is 5.41 Å². The molecule has 1 aliphatic rings. The number of hydrogen-bond acceptors (Lipinski definition) is 7. The Bertz CT molecular complexity index is 5870. The van der Waals surface area contributed by atoms with Crippen molar-refractivity contribution in [2.45, 2.75) is 26.2 Å². The first-order valence-electron chi connectivity index (χ1n) is 33.2. The molecule has 0 fully saturated rings. The van der Waals surface area contributed by atoms with Gasteiger partial charge in [-0.1, -0.05) is 250 Å². The molecule has 0 saturated carbocycles. The predicted octanol–water partition coefficient (Wildman–Crippen LogP) is 21.8. The minimum Gasteiger partial charge on any atom is -0.309 e. The van der Waals surface area contributed by atoms with E-state index in [0.29, 0.717) is 34.9 Å². The van der Waals surface area contributed by atoms with Crippen LogP contribution in [-0.4, -0.2) is 44.0 Å². The Morgan fingerprint density at radius 3 is 1.23 bits per heavy atom. The summed E-state index contributed by atoms with van der Waals surface area (Å²) in [6.45, 7) is 6.91. The molecule has 462 valence electrons. The van der Waals surface area contributed by atoms with E-state index >= 15 is 0 Å². The summed E-state index contributed by atoms with van der Waals surface area (Å²) < 4.78 is 4.98. The molecular weight excluding hydrogens is 1200 g/mol. The normalized spacial score (nSPS) is 12.3. The quantitative estimate of drug-likeness (QED) is 0.120. The highest BCUT2D eigenvalue weighted by Gasteiger charge is 2.42. The molecule has 0 atom stereocenters. The van der Waals surface area contributed by atoms with Crippen LogP contribution in [0.25, 0.3) is 168 Å². The SMILES string of the molecule is Cc1ccc(-c2cccc(-c3nc(-c4ccccc4)nc(-c4cccc(-c5ccc6c(c5)C(C)(C)c5c-6n(-c6ccccc6)c6c5ccc5c6c6cc(-c7ccccn7)ccc6n5-c5ccc(-c6cccc(-c7nc(-c8ccccc8)nc(-c8ccccc8)n7)c6)cc5)c4)n3)c2)cc1. The second-order valence-electron chi connectivity index (χ2n) is 25.8. The van der Waals surface area contributed by atoms with Crippen molar-refractivity contribution in [1.29, 1.82) is 0 Å². The van der Waals surface area contributed by atoms with Gasteiger partial charge in [0.1, 0.15) is 0 Å². The summed E-state index contributed by atoms with van der Waals surface area (Å²) in [6.07, 6.45) is 1.87. The van der Waals surface area contributed by atoms with Crippen molar-refractivity contribution in [3.8, 4) is 136 Å². The average molecular weight is 1260 g/mol. The first kappa shape index (κ1) is 57.8. The molecule has 0 saturated heterocycles. The molecule has 1 aliphatic carbocycles. The molecule has 9 nitrogen and oxygen atoms in total. The highest BCUT2D eigenvalue weighted by molar-refractivity contribution is 6.23. The first-order chi connectivity index (χ1) is 48.2. The molecule has 12 aromatic carbocycles. The van der Waals surface area contributed by atoms with E-state index in [0.717, 1.165) is 106 Å². The Hall–Kier alpha value is -12.9. The van der Waals surface area contributed by atoms with Crippen LogP contribution in [0.15, 0.2) is 316 Å². The maximum Gasteiger partial charge on any atom is 0.164 e. The predicted molar refractivity (Wildman–Crippen MR) is 399 cm³/mol. The number of pyridine rings is 1. The summed E-state index contributed by atoms with van der Waals surface area (Å²) in [5, 5.41) is 3.54. The van der Waals surface area contributed by atoms with E-state index in [4.69, 9.17) is 34.9 Å². The van der Waals surface area contributed by atoms with Crippen LogP contribution in [0.5, 0.6) is 0 Å². The highest BCUT2D eigenvalue weighted by atomic mass is 15.1. The molecular formula is C89H61N9. The molecule has 0 unspecified atom stereocenters. The van der Waals surface area contributed by atoms with Gasteiger partial charge in [-0.2, -0.15) is 0 Å². The Labute approximate surface area is 567 Å². The maximum absolute atomic E-state index is 5.24. The van der Waals surface area contributed by atoms with Crippen LogP contribution in [-0.2, 0) is 5.41 Å². The molecule has 0 radical (unpaired) electrons. The van der Waals surface area contributed by atoms with E-state index in [1.807, 2.05) is 91.1 Å². The third-order valence-electron chi connectivity index (χ3n) is 19.3. The monoisotopic (exact) mass is 1260 g/mol. The molecule has 9 heteroatoms. The largest absolute Gasteiger partial charge is 0.309 e. The third kappa shape index (κ3) is 10.1. The number of benzene rings is 12. The van der Waals surface area contributed by atoms with Crippen molar-refractivity contribution >= 4 is 32.7 Å². The lowest BCUT2D eigenvalue weighted by molar-refractivity contribution is 0.666. The van der Waals surface area contributed by atoms with Gasteiger partial charge in [-0.05, 0) is 130 Å². The minimum atomic E-state index is -0.409. The van der Waals surface area contributed by atoms with Crippen LogP contribution < -0.4 is 0 Å². The molecule has 18 rings (SSSR count). The molecule has 0 spiro atoms. The lowest BCUT2D eigenvalue weighted by Gasteiger charge is -2.22. The Morgan fingerprint density at radius 1 is 0.296 bits per heavy atom. The number of aryl methyl sites for hydroxylation is 1. The van der Waals surface area contributed by atoms with Gasteiger partial charge < -0.3 is 9.13 Å². The van der Waals surface area contributed by atoms with Gasteiger partial charge in [0.25, 0.3) is 0 Å². The third-order valence-corrected chi connectivity index (χ3v) is 19.3. The Kier molecular flexibility index (Phi) is 13.9. The van der Waals surface area contributed by atoms with Crippen molar-refractivity contribution in [2.24, 2.45) is 0 Å². The van der Waals surface area contributed by atoms with Crippen LogP contribution in [0.3, 0.4) is 0 Å². The number of nitrogens with zero attached hydrogens (tertiary/aromatic N) is 9. The zero-order valence-electron chi connectivity index (χ0n) is 54.0. The van der Waals surface area contributed by atoms with Crippen LogP contribution in [0, 0.1) is 6.92 Å². The molecule has 0 amide bonds. The lowest BCUT2D eigenvalue weighted by Crippen LogP contribution is -2.15. The molecule has 17 aromatic rings. The fourth-order valence-corrected chi connectivity index (χ4v) is 14.5. The summed E-state index contributed by atoms with van der Waals surface area (Å²) in [5.74, 6) is 3.73. The van der Waals surface area contributed by atoms with E-state index in [9.17, 15) is 0 Å². The molecule has 98 heavy (non-hydrogen) atoms. The second kappa shape index (κ2) is 23.6. The van der Waals surface area contributed by atoms with Crippen molar-refractivity contribution in [3.05, 3.63) is 332 Å². The molecule has 0 bridgehead atoms. The van der Waals surface area contributed by atoms with E-state index in [1.54, 1.807) is 0 Å². The first-order valence-corrected chi connectivity index (χ1v) is 33.2. The van der Waals surface area contributed by atoms with Crippen molar-refractivity contribution < 1.29 is 0 Å². The average Bonchev–Trinajstić information content (AvgIpc) is 1.51. The second-order valence-corrected chi connectivity index (χ2v) is 25.8. The van der Waals surface area contributed by atoms with E-state index in [-0.39, 0.29) is 0 Å². The smallest absolute Gasteiger partial charge is 0.164 e. The summed E-state index contributed by atoms with van der Waals surface area (Å²) in [4.78, 5) is 35.5. The fourth-order valence-electron chi connectivity index (χ4n) is 14.5. The summed E-state index contributed by atoms with van der Waals surface area (Å²) in [7, 11) is 0. The van der Waals surface area contributed by atoms with Gasteiger partial charge in [-0.15, -0.1) is 0 Å². The Morgan fingerprint density at radius 2 is 0.714 bits per heavy atom. The van der Waals surface area contributed by atoms with Crippen LogP contribution >= 0.6 is 0 Å². The van der Waals surface area contributed by atoms with Crippen molar-refractivity contribution in [3.63, 3.8) is 0 Å². The van der Waals surface area contributed by atoms with Crippen molar-refractivity contribution in [2.75, 3.05) is 0 Å². The number of fused-ring (bicyclic) bond motifs is 9. The zero-order chi connectivity index (χ0) is 65.4. The van der Waals surface area contributed by atoms with Gasteiger partial charge in [0.05, 0.1) is 27.9 Å². The van der Waals surface area contributed by atoms with Gasteiger partial charge in [0.15, 0.2) is 34.9 Å². The highest BCUT2D eigenvalue weighted by Crippen LogP contribution is 2.56. The minimum absolute atomic E-state index is 0.409. The molecule has 0 N–H and O–H groups in total. The van der Waals surface area contributed by atoms with E-state index in [1.165, 1.54) is 44.2 Å². The van der Waals surface area contributed by atoms with Crippen LogP contribution in [0.4, 0.5) is 0 Å². The maximum atomic E-state index is 5.24. The molecule has 5 aromatic heterocycles. The van der Waals surface area contributed by atoms with Crippen LogP contribution in [0.2, 0.25) is 0 Å². The lowest BCUT2D eigenvalue weighted by atomic mass is 9.80. The summed E-state index contributed by atoms with van der Waals surface area (Å²) >= 11 is 0. The summed E-state index contributed by atoms with van der Waals surface area (Å²) in [5.41, 5.74) is 25.4. The molecule has 5 heterocycles. The number of aromatic nitrogens is 9. The van der Waals surface area contributed by atoms with Gasteiger partial charge in [0.2, 0.25) is 0 Å². The number of hydrogen-bond donors (Lipinski definition) is 0. The zero-order valence-corrected chi connectivity index (χ0v) is 54.0. The standard InChI is InChI=1S/C89H61N9/c1-56-36-38-57(39-37-56)62-27-18-31-68(51-62)87-94-85(61-25-12-6-13-26-61)95-88(96-87)69-32-20-29-64(53-69)65-42-46-72-75(55-65)89(2,3)80-73-47-49-78-79(81(73)98(82(72)80)70-33-14-7-15-34-70)74-54-66(76-35-16-17-50-90-76)43-48-77(74)97(78)71-44-40-58(41-45-71)63-28-19-30-67(52-63)86-92-83(59-21-8-4-9-22-59)91-84(93-86)60-23-10-5-11-24-60/h4-55H,1-3H3. The van der Waals surface area contributed by atoms with Gasteiger partial charge in [-0.25, -0.2) is 29.9 Å². The summed E-state index contributed by atoms with van der Waals surface area (Å²) in [6, 6.07) is 109. The van der Waals surface area contributed by atoms with Crippen LogP contribution in [0.1, 0.15) is 30.5 Å². The van der Waals surface area contributed by atoms with Gasteiger partial charge >= 0.3 is 0 Å². The molecule has 0 aliphatic heterocycles. The van der Waals surface area contributed by atoms with Crippen molar-refractivity contribution in [1.82, 2.24) is 44.0 Å². The number of rotatable bonds is 12. The fraction of sp³-hybridized carbons (Fsp3) is 0.0449.